The van der Waals surface area contributed by atoms with E-state index in [9.17, 15) is 13.4 Å². The number of halogens is 1. The molecule has 1 aliphatic rings. The molecule has 1 aliphatic carbocycles. The maximum absolute atomic E-state index is 12.9. The molecule has 0 spiro atoms. The molecule has 2 rings (SSSR count). The van der Waals surface area contributed by atoms with E-state index in [1.807, 2.05) is 0 Å². The molecule has 1 atom stereocenters. The van der Waals surface area contributed by atoms with Crippen LogP contribution in [0.2, 0.25) is 0 Å². The number of hydrogen-bond donors (Lipinski definition) is 2. The van der Waals surface area contributed by atoms with Gasteiger partial charge < -0.3 is 11.1 Å². The van der Waals surface area contributed by atoms with Crippen LogP contribution in [0.3, 0.4) is 0 Å². The van der Waals surface area contributed by atoms with E-state index < -0.39 is 16.6 Å². The van der Waals surface area contributed by atoms with Crippen LogP contribution in [-0.2, 0) is 15.6 Å². The molecule has 19 heavy (non-hydrogen) atoms. The lowest BCUT2D eigenvalue weighted by atomic mass is 10.2. The highest BCUT2D eigenvalue weighted by Crippen LogP contribution is 2.19. The van der Waals surface area contributed by atoms with Crippen LogP contribution in [0.4, 0.5) is 10.1 Å². The number of amides is 1. The van der Waals surface area contributed by atoms with Crippen molar-refractivity contribution in [1.82, 2.24) is 5.32 Å². The summed E-state index contributed by atoms with van der Waals surface area (Å²) in [5, 5.41) is 2.86. The highest BCUT2D eigenvalue weighted by molar-refractivity contribution is 7.86. The van der Waals surface area contributed by atoms with Gasteiger partial charge in [0.2, 0.25) is 5.91 Å². The van der Waals surface area contributed by atoms with Gasteiger partial charge in [0.1, 0.15) is 11.6 Å². The average Bonchev–Trinajstić information content (AvgIpc) is 2.81. The molecular weight excluding hydrogens is 267 g/mol. The zero-order valence-electron chi connectivity index (χ0n) is 10.5. The Balaban J connectivity index is 1.94. The van der Waals surface area contributed by atoms with E-state index in [4.69, 9.17) is 5.73 Å². The molecule has 1 aromatic carbocycles. The molecule has 0 aliphatic heterocycles. The summed E-state index contributed by atoms with van der Waals surface area (Å²) >= 11 is 0. The van der Waals surface area contributed by atoms with Gasteiger partial charge in [0.05, 0.1) is 21.4 Å². The van der Waals surface area contributed by atoms with Crippen molar-refractivity contribution in [3.8, 4) is 0 Å². The zero-order chi connectivity index (χ0) is 13.8. The second-order valence-corrected chi connectivity index (χ2v) is 6.14. The van der Waals surface area contributed by atoms with Gasteiger partial charge in [0, 0.05) is 6.04 Å². The molecule has 1 fully saturated rings. The number of hydrogen-bond acceptors (Lipinski definition) is 3. The van der Waals surface area contributed by atoms with Crippen LogP contribution >= 0.6 is 0 Å². The summed E-state index contributed by atoms with van der Waals surface area (Å²) in [6.45, 7) is 0. The van der Waals surface area contributed by atoms with Gasteiger partial charge in [-0.25, -0.2) is 4.39 Å². The van der Waals surface area contributed by atoms with Gasteiger partial charge in [-0.05, 0) is 31.0 Å². The molecule has 1 unspecified atom stereocenters. The van der Waals surface area contributed by atoms with Crippen molar-refractivity contribution >= 4 is 22.4 Å². The minimum Gasteiger partial charge on any atom is -0.398 e. The summed E-state index contributed by atoms with van der Waals surface area (Å²) in [5.41, 5.74) is 5.71. The Labute approximate surface area is 114 Å². The number of nitrogens with two attached hydrogens (primary N) is 1. The number of carbonyl (C=O) groups excluding carboxylic acids is 1. The van der Waals surface area contributed by atoms with Gasteiger partial charge >= 0.3 is 0 Å². The molecule has 4 nitrogen and oxygen atoms in total. The van der Waals surface area contributed by atoms with Gasteiger partial charge in [-0.1, -0.05) is 12.8 Å². The second kappa shape index (κ2) is 6.14. The van der Waals surface area contributed by atoms with Gasteiger partial charge in [-0.3, -0.25) is 9.00 Å². The Morgan fingerprint density at radius 2 is 2.11 bits per heavy atom. The SMILES string of the molecule is Nc1cc(F)ccc1S(=O)CC(=O)NC1CCCC1. The van der Waals surface area contributed by atoms with Crippen LogP contribution in [0.5, 0.6) is 0 Å². The number of anilines is 1. The summed E-state index contributed by atoms with van der Waals surface area (Å²) in [6.07, 6.45) is 4.21. The highest BCUT2D eigenvalue weighted by atomic mass is 32.2. The molecule has 0 radical (unpaired) electrons. The van der Waals surface area contributed by atoms with Crippen LogP contribution in [-0.4, -0.2) is 21.9 Å². The minimum absolute atomic E-state index is 0.118. The zero-order valence-corrected chi connectivity index (χ0v) is 11.3. The first kappa shape index (κ1) is 14.0. The molecule has 0 aromatic heterocycles. The maximum atomic E-state index is 12.9. The van der Waals surface area contributed by atoms with Gasteiger partial charge in [0.25, 0.3) is 0 Å². The maximum Gasteiger partial charge on any atom is 0.233 e. The van der Waals surface area contributed by atoms with Crippen molar-refractivity contribution in [3.63, 3.8) is 0 Å². The quantitative estimate of drug-likeness (QED) is 0.824. The van der Waals surface area contributed by atoms with E-state index in [2.05, 4.69) is 5.32 Å². The van der Waals surface area contributed by atoms with Crippen molar-refractivity contribution in [2.24, 2.45) is 0 Å². The van der Waals surface area contributed by atoms with E-state index in [1.165, 1.54) is 12.1 Å². The third-order valence-corrected chi connectivity index (χ3v) is 4.59. The first-order chi connectivity index (χ1) is 9.06. The van der Waals surface area contributed by atoms with Gasteiger partial charge in [0.15, 0.2) is 0 Å². The van der Waals surface area contributed by atoms with Crippen molar-refractivity contribution < 1.29 is 13.4 Å². The average molecular weight is 284 g/mol. The standard InChI is InChI=1S/C13H17FN2O2S/c14-9-5-6-12(11(15)7-9)19(18)8-13(17)16-10-3-1-2-4-10/h5-7,10H,1-4,8,15H2,(H,16,17). The number of nitrogen functional groups attached to an aromatic ring is 1. The molecule has 1 amide bonds. The number of carbonyl (C=O) groups is 1. The van der Waals surface area contributed by atoms with E-state index in [0.717, 1.165) is 31.7 Å². The second-order valence-electron chi connectivity index (χ2n) is 4.72. The van der Waals surface area contributed by atoms with Gasteiger partial charge in [-0.2, -0.15) is 0 Å². The van der Waals surface area contributed by atoms with E-state index in [0.29, 0.717) is 4.90 Å². The van der Waals surface area contributed by atoms with Crippen molar-refractivity contribution in [2.45, 2.75) is 36.6 Å². The molecular formula is C13H17FN2O2S. The topological polar surface area (TPSA) is 72.2 Å². The third-order valence-electron chi connectivity index (χ3n) is 3.20. The van der Waals surface area contributed by atoms with Crippen LogP contribution < -0.4 is 11.1 Å². The monoisotopic (exact) mass is 284 g/mol. The molecule has 0 saturated heterocycles. The normalized spacial score (nSPS) is 17.3. The minimum atomic E-state index is -1.54. The van der Waals surface area contributed by atoms with Crippen LogP contribution in [0.15, 0.2) is 23.1 Å². The Kier molecular flexibility index (Phi) is 4.52. The van der Waals surface area contributed by atoms with Crippen molar-refractivity contribution in [1.29, 1.82) is 0 Å². The van der Waals surface area contributed by atoms with Crippen molar-refractivity contribution in [2.75, 3.05) is 11.5 Å². The highest BCUT2D eigenvalue weighted by Gasteiger charge is 2.19. The smallest absolute Gasteiger partial charge is 0.233 e. The molecule has 3 N–H and O–H groups in total. The van der Waals surface area contributed by atoms with Crippen LogP contribution in [0, 0.1) is 5.82 Å². The fraction of sp³-hybridized carbons (Fsp3) is 0.462. The number of rotatable bonds is 4. The fourth-order valence-electron chi connectivity index (χ4n) is 2.26. The molecule has 1 aromatic rings. The predicted molar refractivity (Wildman–Crippen MR) is 72.5 cm³/mol. The number of benzene rings is 1. The van der Waals surface area contributed by atoms with Crippen LogP contribution in [0.1, 0.15) is 25.7 Å². The van der Waals surface area contributed by atoms with E-state index >= 15 is 0 Å². The Morgan fingerprint density at radius 3 is 2.74 bits per heavy atom. The first-order valence-electron chi connectivity index (χ1n) is 6.29. The first-order valence-corrected chi connectivity index (χ1v) is 7.61. The summed E-state index contributed by atoms with van der Waals surface area (Å²) in [6, 6.07) is 3.87. The Hall–Kier alpha value is -1.43. The lowest BCUT2D eigenvalue weighted by molar-refractivity contribution is -0.119. The lowest BCUT2D eigenvalue weighted by Crippen LogP contribution is -2.35. The summed E-state index contributed by atoms with van der Waals surface area (Å²) in [7, 11) is -1.54. The van der Waals surface area contributed by atoms with Crippen LogP contribution in [0.25, 0.3) is 0 Å². The summed E-state index contributed by atoms with van der Waals surface area (Å²) in [4.78, 5) is 12.1. The molecule has 0 heterocycles. The number of nitrogens with one attached hydrogen (secondary N) is 1. The summed E-state index contributed by atoms with van der Waals surface area (Å²) in [5.74, 6) is -0.852. The Morgan fingerprint density at radius 1 is 1.42 bits per heavy atom. The predicted octanol–water partition coefficient (Wildman–Crippen LogP) is 1.57. The van der Waals surface area contributed by atoms with Crippen molar-refractivity contribution in [3.05, 3.63) is 24.0 Å². The molecule has 104 valence electrons. The Bertz CT molecular complexity index is 501. The molecule has 0 bridgehead atoms. The fourth-order valence-corrected chi connectivity index (χ4v) is 3.28. The van der Waals surface area contributed by atoms with E-state index in [-0.39, 0.29) is 23.4 Å². The van der Waals surface area contributed by atoms with Gasteiger partial charge in [-0.15, -0.1) is 0 Å². The molecule has 1 saturated carbocycles. The molecule has 6 heteroatoms. The largest absolute Gasteiger partial charge is 0.398 e. The third kappa shape index (κ3) is 3.76. The summed E-state index contributed by atoms with van der Waals surface area (Å²) < 4.78 is 24.9. The van der Waals surface area contributed by atoms with E-state index in [1.54, 1.807) is 0 Å². The lowest BCUT2D eigenvalue weighted by Gasteiger charge is -2.12.